The summed E-state index contributed by atoms with van der Waals surface area (Å²) >= 11 is 0. The summed E-state index contributed by atoms with van der Waals surface area (Å²) in [6, 6.07) is 46.2. The van der Waals surface area contributed by atoms with Gasteiger partial charge in [-0.3, -0.25) is 4.90 Å². The average molecular weight is 463 g/mol. The Kier molecular flexibility index (Phi) is 4.78. The molecule has 2 aromatic heterocycles. The number of fused-ring (bicyclic) bond motifs is 4. The molecular weight excluding hydrogens is 440 g/mol. The second-order valence-electron chi connectivity index (χ2n) is 8.89. The van der Waals surface area contributed by atoms with E-state index in [4.69, 9.17) is 9.40 Å². The van der Waals surface area contributed by atoms with Gasteiger partial charge in [0.05, 0.1) is 0 Å². The normalized spacial score (nSPS) is 11.3. The Labute approximate surface area is 208 Å². The highest BCUT2D eigenvalue weighted by Gasteiger charge is 2.17. The van der Waals surface area contributed by atoms with Crippen molar-refractivity contribution in [1.82, 2.24) is 4.98 Å². The van der Waals surface area contributed by atoms with E-state index in [2.05, 4.69) is 102 Å². The highest BCUT2D eigenvalue weighted by Crippen LogP contribution is 2.38. The minimum Gasteiger partial charge on any atom is -0.454 e. The topological polar surface area (TPSA) is 29.3 Å². The first-order valence-electron chi connectivity index (χ1n) is 12.1. The minimum atomic E-state index is 0.790. The van der Waals surface area contributed by atoms with Crippen molar-refractivity contribution in [3.05, 3.63) is 133 Å². The van der Waals surface area contributed by atoms with E-state index in [0.717, 1.165) is 39.3 Å². The number of rotatable bonds is 4. The Balaban J connectivity index is 1.41. The zero-order chi connectivity index (χ0) is 23.9. The van der Waals surface area contributed by atoms with Crippen molar-refractivity contribution in [2.75, 3.05) is 4.90 Å². The molecule has 2 heterocycles. The van der Waals surface area contributed by atoms with Crippen molar-refractivity contribution in [2.45, 2.75) is 0 Å². The van der Waals surface area contributed by atoms with E-state index in [-0.39, 0.29) is 0 Å². The number of benzene rings is 5. The van der Waals surface area contributed by atoms with Gasteiger partial charge in [0.1, 0.15) is 16.9 Å². The lowest BCUT2D eigenvalue weighted by atomic mass is 10.0. The summed E-state index contributed by atoms with van der Waals surface area (Å²) < 4.78 is 6.04. The molecule has 0 N–H and O–H groups in total. The Bertz CT molecular complexity index is 1840. The first kappa shape index (κ1) is 20.5. The predicted octanol–water partition coefficient (Wildman–Crippen LogP) is 9.27. The van der Waals surface area contributed by atoms with Crippen LogP contribution in [-0.4, -0.2) is 4.98 Å². The number of furan rings is 1. The van der Waals surface area contributed by atoms with Crippen LogP contribution in [0.2, 0.25) is 0 Å². The lowest BCUT2D eigenvalue weighted by Gasteiger charge is -2.25. The maximum Gasteiger partial charge on any atom is 0.154 e. The maximum absolute atomic E-state index is 6.04. The summed E-state index contributed by atoms with van der Waals surface area (Å²) in [7, 11) is 0. The number of nitrogens with zero attached hydrogens (tertiary/aromatic N) is 2. The van der Waals surface area contributed by atoms with Crippen molar-refractivity contribution in [2.24, 2.45) is 0 Å². The standard InChI is InChI=1S/C33H22N2O/c1-2-8-23(9-3-1)25-14-17-27(18-15-25)35(28-19-16-24-10-4-5-11-26(24)22-28)32-21-20-31-33(34-32)29-12-6-7-13-30(29)36-31/h1-22H. The second-order valence-corrected chi connectivity index (χ2v) is 8.89. The van der Waals surface area contributed by atoms with Gasteiger partial charge in [-0.2, -0.15) is 0 Å². The van der Waals surface area contributed by atoms with Crippen LogP contribution in [-0.2, 0) is 0 Å². The first-order valence-corrected chi connectivity index (χ1v) is 12.1. The molecule has 0 aliphatic rings. The number of anilines is 3. The maximum atomic E-state index is 6.04. The largest absolute Gasteiger partial charge is 0.454 e. The SMILES string of the molecule is c1ccc(-c2ccc(N(c3ccc4ccccc4c3)c3ccc4oc5ccccc5c4n3)cc2)cc1. The number of para-hydroxylation sites is 1. The van der Waals surface area contributed by atoms with Gasteiger partial charge in [0.2, 0.25) is 0 Å². The van der Waals surface area contributed by atoms with Crippen molar-refractivity contribution in [3.63, 3.8) is 0 Å². The second kappa shape index (κ2) is 8.40. The van der Waals surface area contributed by atoms with Crippen molar-refractivity contribution < 1.29 is 4.42 Å². The zero-order valence-corrected chi connectivity index (χ0v) is 19.5. The van der Waals surface area contributed by atoms with Crippen LogP contribution in [0, 0.1) is 0 Å². The molecule has 170 valence electrons. The summed E-state index contributed by atoms with van der Waals surface area (Å²) in [6.07, 6.45) is 0. The fourth-order valence-corrected chi connectivity index (χ4v) is 4.87. The van der Waals surface area contributed by atoms with Crippen molar-refractivity contribution in [1.29, 1.82) is 0 Å². The van der Waals surface area contributed by atoms with Gasteiger partial charge < -0.3 is 4.42 Å². The molecule has 0 aliphatic heterocycles. The van der Waals surface area contributed by atoms with Crippen molar-refractivity contribution >= 4 is 50.0 Å². The van der Waals surface area contributed by atoms with Gasteiger partial charge >= 0.3 is 0 Å². The van der Waals surface area contributed by atoms with Crippen LogP contribution in [0.15, 0.2) is 138 Å². The Hall–Kier alpha value is -4.89. The summed E-state index contributed by atoms with van der Waals surface area (Å²) in [5.74, 6) is 0.844. The van der Waals surface area contributed by atoms with E-state index in [1.54, 1.807) is 0 Å². The Morgan fingerprint density at radius 1 is 0.500 bits per heavy atom. The minimum absolute atomic E-state index is 0.790. The lowest BCUT2D eigenvalue weighted by molar-refractivity contribution is 0.668. The smallest absolute Gasteiger partial charge is 0.154 e. The van der Waals surface area contributed by atoms with Crippen LogP contribution in [0.5, 0.6) is 0 Å². The Morgan fingerprint density at radius 2 is 1.19 bits per heavy atom. The molecule has 0 bridgehead atoms. The van der Waals surface area contributed by atoms with Gasteiger partial charge in [0.15, 0.2) is 5.58 Å². The van der Waals surface area contributed by atoms with E-state index in [1.807, 2.05) is 36.4 Å². The monoisotopic (exact) mass is 462 g/mol. The fraction of sp³-hybridized carbons (Fsp3) is 0. The van der Waals surface area contributed by atoms with Crippen LogP contribution in [0.3, 0.4) is 0 Å². The lowest BCUT2D eigenvalue weighted by Crippen LogP contribution is -2.11. The van der Waals surface area contributed by atoms with Gasteiger partial charge in [-0.15, -0.1) is 0 Å². The summed E-state index contributed by atoms with van der Waals surface area (Å²) in [4.78, 5) is 7.32. The molecule has 36 heavy (non-hydrogen) atoms. The first-order chi connectivity index (χ1) is 17.8. The van der Waals surface area contributed by atoms with Crippen LogP contribution in [0.1, 0.15) is 0 Å². The summed E-state index contributed by atoms with van der Waals surface area (Å²) in [5, 5.41) is 3.42. The fourth-order valence-electron chi connectivity index (χ4n) is 4.87. The number of aromatic nitrogens is 1. The quantitative estimate of drug-likeness (QED) is 0.261. The molecule has 0 amide bonds. The predicted molar refractivity (Wildman–Crippen MR) is 149 cm³/mol. The zero-order valence-electron chi connectivity index (χ0n) is 19.5. The molecule has 0 fully saturated rings. The van der Waals surface area contributed by atoms with Gasteiger partial charge in [-0.25, -0.2) is 4.98 Å². The van der Waals surface area contributed by atoms with Gasteiger partial charge in [-0.1, -0.05) is 84.9 Å². The molecule has 5 aromatic carbocycles. The summed E-state index contributed by atoms with van der Waals surface area (Å²) in [5.41, 5.74) is 6.99. The van der Waals surface area contributed by atoms with Gasteiger partial charge in [-0.05, 0) is 70.4 Å². The molecular formula is C33H22N2O. The third-order valence-corrected chi connectivity index (χ3v) is 6.66. The highest BCUT2D eigenvalue weighted by molar-refractivity contribution is 6.03. The molecule has 0 unspecified atom stereocenters. The summed E-state index contributed by atoms with van der Waals surface area (Å²) in [6.45, 7) is 0. The Morgan fingerprint density at radius 3 is 2.06 bits per heavy atom. The molecule has 0 saturated heterocycles. The molecule has 3 heteroatoms. The molecule has 0 aliphatic carbocycles. The molecule has 0 saturated carbocycles. The molecule has 7 rings (SSSR count). The average Bonchev–Trinajstić information content (AvgIpc) is 3.32. The van der Waals surface area contributed by atoms with Crippen LogP contribution < -0.4 is 4.90 Å². The number of hydrogen-bond acceptors (Lipinski definition) is 3. The third kappa shape index (κ3) is 3.50. The highest BCUT2D eigenvalue weighted by atomic mass is 16.3. The van der Waals surface area contributed by atoms with Crippen molar-refractivity contribution in [3.8, 4) is 11.1 Å². The van der Waals surface area contributed by atoms with Crippen LogP contribution in [0.4, 0.5) is 17.2 Å². The molecule has 0 spiro atoms. The molecule has 3 nitrogen and oxygen atoms in total. The van der Waals surface area contributed by atoms with E-state index in [9.17, 15) is 0 Å². The van der Waals surface area contributed by atoms with Crippen LogP contribution >= 0.6 is 0 Å². The van der Waals surface area contributed by atoms with E-state index >= 15 is 0 Å². The molecule has 0 atom stereocenters. The number of pyridine rings is 1. The van der Waals surface area contributed by atoms with Gasteiger partial charge in [0, 0.05) is 16.8 Å². The van der Waals surface area contributed by atoms with Crippen LogP contribution in [0.25, 0.3) is 44.0 Å². The number of hydrogen-bond donors (Lipinski definition) is 0. The molecule has 7 aromatic rings. The molecule has 0 radical (unpaired) electrons. The van der Waals surface area contributed by atoms with E-state index in [0.29, 0.717) is 0 Å². The van der Waals surface area contributed by atoms with E-state index in [1.165, 1.54) is 21.9 Å². The third-order valence-electron chi connectivity index (χ3n) is 6.66. The van der Waals surface area contributed by atoms with Gasteiger partial charge in [0.25, 0.3) is 0 Å². The van der Waals surface area contributed by atoms with E-state index < -0.39 is 0 Å².